The topological polar surface area (TPSA) is 72.5 Å². The maximum Gasteiger partial charge on any atom is 0.221 e. The number of carbonyl (C=O) groups is 1. The van der Waals surface area contributed by atoms with E-state index >= 15 is 0 Å². The Morgan fingerprint density at radius 2 is 1.71 bits per heavy atom. The molecule has 1 amide bonds. The molecule has 2 aromatic carbocycles. The van der Waals surface area contributed by atoms with Gasteiger partial charge in [0.2, 0.25) is 5.91 Å². The summed E-state index contributed by atoms with van der Waals surface area (Å²) in [6, 6.07) is 13.7. The quantitative estimate of drug-likeness (QED) is 0.759. The molecule has 0 saturated carbocycles. The molecule has 2 rings (SSSR count). The van der Waals surface area contributed by atoms with Crippen molar-refractivity contribution in [1.29, 1.82) is 0 Å². The van der Waals surface area contributed by atoms with E-state index in [1.807, 2.05) is 12.1 Å². The molecule has 128 valence electrons. The average Bonchev–Trinajstić information content (AvgIpc) is 2.59. The number of ether oxygens (including phenoxy) is 1. The van der Waals surface area contributed by atoms with Crippen LogP contribution in [0.5, 0.6) is 5.75 Å². The summed E-state index contributed by atoms with van der Waals surface area (Å²) in [5.74, 6) is 0.223. The highest BCUT2D eigenvalue weighted by atomic mass is 79.9. The fourth-order valence-electron chi connectivity index (χ4n) is 2.02. The van der Waals surface area contributed by atoms with Crippen molar-refractivity contribution in [2.75, 3.05) is 12.9 Å². The van der Waals surface area contributed by atoms with Crippen LogP contribution in [-0.2, 0) is 21.2 Å². The van der Waals surface area contributed by atoms with Gasteiger partial charge in [-0.1, -0.05) is 28.1 Å². The van der Waals surface area contributed by atoms with Crippen molar-refractivity contribution >= 4 is 31.7 Å². The first-order valence-corrected chi connectivity index (χ1v) is 9.73. The highest BCUT2D eigenvalue weighted by molar-refractivity contribution is 9.10. The number of nitrogens with one attached hydrogen (secondary N) is 1. The molecule has 0 aliphatic rings. The van der Waals surface area contributed by atoms with Gasteiger partial charge in [0.1, 0.15) is 5.75 Å². The fraction of sp³-hybridized carbons (Fsp3) is 0.235. The number of halogens is 1. The molecule has 0 aromatic heterocycles. The van der Waals surface area contributed by atoms with E-state index in [0.717, 1.165) is 15.8 Å². The van der Waals surface area contributed by atoms with Gasteiger partial charge in [-0.3, -0.25) is 4.79 Å². The van der Waals surface area contributed by atoms with Crippen molar-refractivity contribution in [2.45, 2.75) is 17.9 Å². The lowest BCUT2D eigenvalue weighted by Crippen LogP contribution is -2.25. The van der Waals surface area contributed by atoms with Gasteiger partial charge in [-0.15, -0.1) is 0 Å². The Kier molecular flexibility index (Phi) is 6.39. The van der Waals surface area contributed by atoms with Crippen molar-refractivity contribution in [3.05, 3.63) is 58.6 Å². The maximum atomic E-state index is 12.2. The van der Waals surface area contributed by atoms with Gasteiger partial charge in [0, 0.05) is 17.4 Å². The minimum atomic E-state index is -3.46. The van der Waals surface area contributed by atoms with E-state index in [9.17, 15) is 13.2 Å². The maximum absolute atomic E-state index is 12.2. The van der Waals surface area contributed by atoms with Gasteiger partial charge in [0.25, 0.3) is 0 Å². The van der Waals surface area contributed by atoms with Crippen molar-refractivity contribution in [2.24, 2.45) is 0 Å². The Balaban J connectivity index is 1.84. The lowest BCUT2D eigenvalue weighted by atomic mass is 10.2. The Labute approximate surface area is 150 Å². The molecule has 0 heterocycles. The van der Waals surface area contributed by atoms with Crippen molar-refractivity contribution in [3.8, 4) is 5.75 Å². The van der Waals surface area contributed by atoms with E-state index in [0.29, 0.717) is 6.54 Å². The Bertz CT molecular complexity index is 786. The van der Waals surface area contributed by atoms with Gasteiger partial charge < -0.3 is 10.1 Å². The third-order valence-corrected chi connectivity index (χ3v) is 5.68. The fourth-order valence-corrected chi connectivity index (χ4v) is 3.52. The molecule has 0 aliphatic carbocycles. The monoisotopic (exact) mass is 411 g/mol. The van der Waals surface area contributed by atoms with Gasteiger partial charge in [0.15, 0.2) is 9.84 Å². The number of rotatable bonds is 7. The van der Waals surface area contributed by atoms with Crippen molar-refractivity contribution < 1.29 is 17.9 Å². The molecule has 0 fully saturated rings. The van der Waals surface area contributed by atoms with E-state index in [4.69, 9.17) is 4.74 Å². The van der Waals surface area contributed by atoms with Crippen LogP contribution < -0.4 is 10.1 Å². The molecule has 0 saturated heterocycles. The summed E-state index contributed by atoms with van der Waals surface area (Å²) in [7, 11) is -1.88. The number of amides is 1. The zero-order valence-corrected chi connectivity index (χ0v) is 15.6. The first-order valence-electron chi connectivity index (χ1n) is 7.29. The van der Waals surface area contributed by atoms with Crippen LogP contribution in [0.4, 0.5) is 0 Å². The average molecular weight is 412 g/mol. The molecule has 24 heavy (non-hydrogen) atoms. The molecule has 2 aromatic rings. The molecule has 7 heteroatoms. The zero-order valence-electron chi connectivity index (χ0n) is 13.2. The summed E-state index contributed by atoms with van der Waals surface area (Å²) in [5.41, 5.74) is 0.917. The minimum Gasteiger partial charge on any atom is -0.497 e. The van der Waals surface area contributed by atoms with Gasteiger partial charge in [-0.2, -0.15) is 0 Å². The lowest BCUT2D eigenvalue weighted by molar-refractivity contribution is -0.120. The second-order valence-electron chi connectivity index (χ2n) is 5.15. The van der Waals surface area contributed by atoms with E-state index < -0.39 is 9.84 Å². The van der Waals surface area contributed by atoms with Gasteiger partial charge >= 0.3 is 0 Å². The van der Waals surface area contributed by atoms with Gasteiger partial charge in [-0.05, 0) is 42.0 Å². The van der Waals surface area contributed by atoms with Crippen LogP contribution in [0.15, 0.2) is 57.9 Å². The van der Waals surface area contributed by atoms with Crippen LogP contribution in [0.1, 0.15) is 12.0 Å². The van der Waals surface area contributed by atoms with Gasteiger partial charge in [-0.25, -0.2) is 8.42 Å². The molecule has 0 bridgehead atoms. The first kappa shape index (κ1) is 18.5. The van der Waals surface area contributed by atoms with Crippen LogP contribution >= 0.6 is 15.9 Å². The lowest BCUT2D eigenvalue weighted by Gasteiger charge is -2.07. The number of hydrogen-bond donors (Lipinski definition) is 1. The zero-order chi connectivity index (χ0) is 17.6. The number of benzene rings is 2. The van der Waals surface area contributed by atoms with Crippen LogP contribution in [0.2, 0.25) is 0 Å². The third kappa shape index (κ3) is 5.35. The number of hydrogen-bond acceptors (Lipinski definition) is 4. The summed E-state index contributed by atoms with van der Waals surface area (Å²) < 4.78 is 30.2. The molecular formula is C17H18BrNO4S. The van der Waals surface area contributed by atoms with Crippen molar-refractivity contribution in [3.63, 3.8) is 0 Å². The second-order valence-corrected chi connectivity index (χ2v) is 8.17. The second kappa shape index (κ2) is 8.30. The molecule has 0 spiro atoms. The Morgan fingerprint density at radius 3 is 2.29 bits per heavy atom. The largest absolute Gasteiger partial charge is 0.497 e. The number of methoxy groups -OCH3 is 1. The summed E-state index contributed by atoms with van der Waals surface area (Å²) >= 11 is 3.26. The van der Waals surface area contributed by atoms with E-state index in [2.05, 4.69) is 21.2 Å². The van der Waals surface area contributed by atoms with Crippen LogP contribution in [0, 0.1) is 0 Å². The first-order chi connectivity index (χ1) is 11.4. The van der Waals surface area contributed by atoms with E-state index in [-0.39, 0.29) is 23.0 Å². The summed E-state index contributed by atoms with van der Waals surface area (Å²) in [6.45, 7) is 0.348. The molecule has 0 atom stereocenters. The molecular weight excluding hydrogens is 394 g/mol. The van der Waals surface area contributed by atoms with Crippen LogP contribution in [0.25, 0.3) is 0 Å². The molecule has 0 unspecified atom stereocenters. The molecule has 0 radical (unpaired) electrons. The predicted octanol–water partition coefficient (Wildman–Crippen LogP) is 2.94. The number of sulfone groups is 1. The highest BCUT2D eigenvalue weighted by Gasteiger charge is 2.16. The SMILES string of the molecule is COc1ccc(CNC(=O)CCS(=O)(=O)c2ccc(Br)cc2)cc1. The van der Waals surface area contributed by atoms with E-state index in [1.54, 1.807) is 31.4 Å². The summed E-state index contributed by atoms with van der Waals surface area (Å²) in [4.78, 5) is 12.1. The molecule has 0 aliphatic heterocycles. The van der Waals surface area contributed by atoms with E-state index in [1.165, 1.54) is 12.1 Å². The third-order valence-electron chi connectivity index (χ3n) is 3.42. The molecule has 5 nitrogen and oxygen atoms in total. The van der Waals surface area contributed by atoms with Gasteiger partial charge in [0.05, 0.1) is 17.8 Å². The smallest absolute Gasteiger partial charge is 0.221 e. The van der Waals surface area contributed by atoms with Crippen LogP contribution in [0.3, 0.4) is 0 Å². The van der Waals surface area contributed by atoms with Crippen LogP contribution in [-0.4, -0.2) is 27.2 Å². The summed E-state index contributed by atoms with van der Waals surface area (Å²) in [6.07, 6.45) is -0.0748. The standard InChI is InChI=1S/C17H18BrNO4S/c1-23-15-6-2-13(3-7-15)12-19-17(20)10-11-24(21,22)16-8-4-14(18)5-9-16/h2-9H,10-12H2,1H3,(H,19,20). The normalized spacial score (nSPS) is 11.1. The molecule has 1 N–H and O–H groups in total. The highest BCUT2D eigenvalue weighted by Crippen LogP contribution is 2.16. The summed E-state index contributed by atoms with van der Waals surface area (Å²) in [5, 5.41) is 2.72. The van der Waals surface area contributed by atoms with Crippen molar-refractivity contribution in [1.82, 2.24) is 5.32 Å². The minimum absolute atomic E-state index is 0.0748. The Morgan fingerprint density at radius 1 is 1.08 bits per heavy atom. The predicted molar refractivity (Wildman–Crippen MR) is 95.7 cm³/mol. The number of carbonyl (C=O) groups excluding carboxylic acids is 1. The Hall–Kier alpha value is -1.86.